The predicted molar refractivity (Wildman–Crippen MR) is 80.1 cm³/mol. The average Bonchev–Trinajstić information content (AvgIpc) is 2.36. The van der Waals surface area contributed by atoms with Crippen molar-refractivity contribution in [1.29, 1.82) is 0 Å². The van der Waals surface area contributed by atoms with Gasteiger partial charge in [-0.1, -0.05) is 11.6 Å². The van der Waals surface area contributed by atoms with Gasteiger partial charge in [0.05, 0.1) is 23.6 Å². The molecule has 0 aliphatic rings. The Balaban J connectivity index is 2.21. The Morgan fingerprint density at radius 1 is 1.37 bits per heavy atom. The molecule has 19 heavy (non-hydrogen) atoms. The molecule has 1 unspecified atom stereocenters. The number of benzene rings is 1. The first-order valence-electron chi connectivity index (χ1n) is 5.81. The van der Waals surface area contributed by atoms with Crippen molar-refractivity contribution in [1.82, 2.24) is 4.98 Å². The van der Waals surface area contributed by atoms with Gasteiger partial charge in [-0.3, -0.25) is 4.98 Å². The van der Waals surface area contributed by atoms with Crippen LogP contribution in [0.2, 0.25) is 5.02 Å². The predicted octanol–water partition coefficient (Wildman–Crippen LogP) is 5.12. The van der Waals surface area contributed by atoms with Crippen LogP contribution >= 0.6 is 27.5 Å². The summed E-state index contributed by atoms with van der Waals surface area (Å²) in [5.41, 5.74) is 2.66. The van der Waals surface area contributed by atoms with Crippen LogP contribution in [0.15, 0.2) is 34.9 Å². The highest BCUT2D eigenvalue weighted by Crippen LogP contribution is 2.31. The number of halogens is 3. The van der Waals surface area contributed by atoms with Gasteiger partial charge in [0.25, 0.3) is 0 Å². The maximum Gasteiger partial charge on any atom is 0.141 e. The van der Waals surface area contributed by atoms with E-state index < -0.39 is 0 Å². The zero-order valence-electron chi connectivity index (χ0n) is 10.5. The highest BCUT2D eigenvalue weighted by Gasteiger charge is 2.10. The Bertz CT molecular complexity index is 587. The van der Waals surface area contributed by atoms with Gasteiger partial charge in [0.1, 0.15) is 5.82 Å². The van der Waals surface area contributed by atoms with Crippen molar-refractivity contribution in [3.8, 4) is 0 Å². The van der Waals surface area contributed by atoms with Crippen LogP contribution in [-0.2, 0) is 0 Å². The summed E-state index contributed by atoms with van der Waals surface area (Å²) >= 11 is 9.60. The Labute approximate surface area is 125 Å². The lowest BCUT2D eigenvalue weighted by Crippen LogP contribution is -2.09. The molecule has 0 aliphatic carbocycles. The molecule has 0 spiro atoms. The summed E-state index contributed by atoms with van der Waals surface area (Å²) in [7, 11) is 0. The zero-order chi connectivity index (χ0) is 14.0. The quantitative estimate of drug-likeness (QED) is 0.837. The number of nitrogens with one attached hydrogen (secondary N) is 1. The molecule has 100 valence electrons. The topological polar surface area (TPSA) is 24.9 Å². The van der Waals surface area contributed by atoms with Crippen molar-refractivity contribution in [2.24, 2.45) is 0 Å². The van der Waals surface area contributed by atoms with Gasteiger partial charge in [0.15, 0.2) is 0 Å². The monoisotopic (exact) mass is 342 g/mol. The number of pyridine rings is 1. The molecule has 5 heteroatoms. The number of aryl methyl sites for hydroxylation is 1. The van der Waals surface area contributed by atoms with Gasteiger partial charge in [0, 0.05) is 9.50 Å². The fraction of sp³-hybridized carbons (Fsp3) is 0.214. The van der Waals surface area contributed by atoms with E-state index in [1.54, 1.807) is 6.07 Å². The maximum atomic E-state index is 12.8. The SMILES string of the molecule is Cc1cc(Br)c(NC(C)c2ccc(F)cn2)cc1Cl. The number of rotatable bonds is 3. The molecule has 1 heterocycles. The third-order valence-electron chi connectivity index (χ3n) is 2.81. The van der Waals surface area contributed by atoms with Crippen LogP contribution in [0.4, 0.5) is 10.1 Å². The first-order valence-corrected chi connectivity index (χ1v) is 6.98. The van der Waals surface area contributed by atoms with Crippen molar-refractivity contribution in [2.45, 2.75) is 19.9 Å². The standard InChI is InChI=1S/C14H13BrClFN2/c1-8-5-11(15)14(6-12(8)16)19-9(2)13-4-3-10(17)7-18-13/h3-7,9,19H,1-2H3. The third kappa shape index (κ3) is 3.45. The summed E-state index contributed by atoms with van der Waals surface area (Å²) < 4.78 is 13.8. The lowest BCUT2D eigenvalue weighted by molar-refractivity contribution is 0.617. The Hall–Kier alpha value is -1.13. The van der Waals surface area contributed by atoms with Gasteiger partial charge in [-0.2, -0.15) is 0 Å². The van der Waals surface area contributed by atoms with E-state index in [9.17, 15) is 4.39 Å². The Morgan fingerprint density at radius 3 is 2.74 bits per heavy atom. The second kappa shape index (κ2) is 5.88. The minimum absolute atomic E-state index is 0.0457. The molecular formula is C14H13BrClFN2. The van der Waals surface area contributed by atoms with Gasteiger partial charge < -0.3 is 5.32 Å². The van der Waals surface area contributed by atoms with E-state index in [1.165, 1.54) is 12.3 Å². The van der Waals surface area contributed by atoms with Crippen LogP contribution in [0.25, 0.3) is 0 Å². The van der Waals surface area contributed by atoms with E-state index >= 15 is 0 Å². The van der Waals surface area contributed by atoms with Crippen molar-refractivity contribution in [2.75, 3.05) is 5.32 Å². The summed E-state index contributed by atoms with van der Waals surface area (Å²) in [6.45, 7) is 3.91. The molecular weight excluding hydrogens is 331 g/mol. The molecule has 0 aliphatic heterocycles. The zero-order valence-corrected chi connectivity index (χ0v) is 12.9. The van der Waals surface area contributed by atoms with Crippen molar-refractivity contribution >= 4 is 33.2 Å². The number of hydrogen-bond donors (Lipinski definition) is 1. The van der Waals surface area contributed by atoms with Crippen LogP contribution in [0.1, 0.15) is 24.2 Å². The Morgan fingerprint density at radius 2 is 2.11 bits per heavy atom. The van der Waals surface area contributed by atoms with Crippen molar-refractivity contribution in [3.63, 3.8) is 0 Å². The minimum Gasteiger partial charge on any atom is -0.376 e. The summed E-state index contributed by atoms with van der Waals surface area (Å²) in [4.78, 5) is 4.06. The van der Waals surface area contributed by atoms with E-state index in [4.69, 9.17) is 11.6 Å². The molecule has 2 rings (SSSR count). The second-order valence-corrected chi connectivity index (χ2v) is 5.61. The van der Waals surface area contributed by atoms with E-state index in [-0.39, 0.29) is 11.9 Å². The van der Waals surface area contributed by atoms with Gasteiger partial charge in [0.2, 0.25) is 0 Å². The van der Waals surface area contributed by atoms with Crippen LogP contribution in [0.3, 0.4) is 0 Å². The molecule has 0 bridgehead atoms. The molecule has 0 radical (unpaired) electrons. The maximum absolute atomic E-state index is 12.8. The van der Waals surface area contributed by atoms with Crippen molar-refractivity contribution < 1.29 is 4.39 Å². The highest BCUT2D eigenvalue weighted by molar-refractivity contribution is 9.10. The molecule has 2 aromatic rings. The van der Waals surface area contributed by atoms with Crippen LogP contribution in [0.5, 0.6) is 0 Å². The fourth-order valence-electron chi connectivity index (χ4n) is 1.71. The lowest BCUT2D eigenvalue weighted by Gasteiger charge is -2.17. The Kier molecular flexibility index (Phi) is 4.42. The first kappa shape index (κ1) is 14.3. The summed E-state index contributed by atoms with van der Waals surface area (Å²) in [6.07, 6.45) is 1.21. The van der Waals surface area contributed by atoms with E-state index in [2.05, 4.69) is 26.2 Å². The number of aromatic nitrogens is 1. The van der Waals surface area contributed by atoms with E-state index in [0.717, 1.165) is 21.4 Å². The molecule has 0 saturated heterocycles. The van der Waals surface area contributed by atoms with Gasteiger partial charge in [-0.05, 0) is 59.6 Å². The molecule has 2 nitrogen and oxygen atoms in total. The molecule has 1 atom stereocenters. The third-order valence-corrected chi connectivity index (χ3v) is 3.88. The molecule has 1 aromatic carbocycles. The minimum atomic E-state index is -0.337. The molecule has 1 aromatic heterocycles. The van der Waals surface area contributed by atoms with Crippen LogP contribution in [-0.4, -0.2) is 4.98 Å². The van der Waals surface area contributed by atoms with E-state index in [0.29, 0.717) is 5.02 Å². The normalized spacial score (nSPS) is 12.3. The van der Waals surface area contributed by atoms with Crippen molar-refractivity contribution in [3.05, 3.63) is 57.0 Å². The molecule has 0 saturated carbocycles. The summed E-state index contributed by atoms with van der Waals surface area (Å²) in [5, 5.41) is 4.00. The number of nitrogens with zero attached hydrogens (tertiary/aromatic N) is 1. The van der Waals surface area contributed by atoms with Gasteiger partial charge in [-0.15, -0.1) is 0 Å². The average molecular weight is 344 g/mol. The molecule has 0 fully saturated rings. The number of anilines is 1. The smallest absolute Gasteiger partial charge is 0.141 e. The number of hydrogen-bond acceptors (Lipinski definition) is 2. The largest absolute Gasteiger partial charge is 0.376 e. The second-order valence-electron chi connectivity index (χ2n) is 4.35. The lowest BCUT2D eigenvalue weighted by atomic mass is 10.1. The highest BCUT2D eigenvalue weighted by atomic mass is 79.9. The van der Waals surface area contributed by atoms with Crippen LogP contribution in [0, 0.1) is 12.7 Å². The fourth-order valence-corrected chi connectivity index (χ4v) is 2.44. The van der Waals surface area contributed by atoms with Gasteiger partial charge >= 0.3 is 0 Å². The first-order chi connectivity index (χ1) is 8.97. The van der Waals surface area contributed by atoms with Crippen LogP contribution < -0.4 is 5.32 Å². The molecule has 0 amide bonds. The molecule has 1 N–H and O–H groups in total. The van der Waals surface area contributed by atoms with Gasteiger partial charge in [-0.25, -0.2) is 4.39 Å². The summed E-state index contributed by atoms with van der Waals surface area (Å²) in [6, 6.07) is 6.83. The summed E-state index contributed by atoms with van der Waals surface area (Å²) in [5.74, 6) is -0.337. The van der Waals surface area contributed by atoms with E-state index in [1.807, 2.05) is 26.0 Å².